The number of hydrogen-bond donors (Lipinski definition) is 1. The summed E-state index contributed by atoms with van der Waals surface area (Å²) >= 11 is 3.58. The minimum absolute atomic E-state index is 0.0911. The highest BCUT2D eigenvalue weighted by Crippen LogP contribution is 2.35. The maximum Gasteiger partial charge on any atom is 0.414 e. The standard InChI is InChI=1S/C30H39BrN4O5/c1-10-19(3)17-39-18-21-12-24(31)28(38-9)26(13-21)34-27-14-22(35(8)29(37)40-30(5,6)7)15-32-16-23(20(4)36)25(11-2)33-27/h10-14,16,19H,1-2,15,17-18H2,3-9H3,(H,33,34)/b22-14-,25-23-,32-16-/t19-/m0/s1. The van der Waals surface area contributed by atoms with Crippen molar-refractivity contribution in [3.8, 4) is 5.75 Å². The maximum absolute atomic E-state index is 12.9. The molecule has 1 aliphatic heterocycles. The van der Waals surface area contributed by atoms with Crippen molar-refractivity contribution in [2.24, 2.45) is 15.9 Å². The van der Waals surface area contributed by atoms with Crippen LogP contribution in [0.5, 0.6) is 5.75 Å². The molecule has 1 aliphatic rings. The zero-order valence-electron chi connectivity index (χ0n) is 24.3. The summed E-state index contributed by atoms with van der Waals surface area (Å²) in [6, 6.07) is 3.81. The SMILES string of the molecule is C=CC1=C(C(C)=O)\C=N/C/C(N(C)C(=O)OC(C)(C)C)=C/C(Nc2cc(COC[C@@H](C)C=C)cc(Br)c2OC)=N\1. The van der Waals surface area contributed by atoms with Crippen LogP contribution >= 0.6 is 15.9 Å². The first-order valence-corrected chi connectivity index (χ1v) is 13.6. The lowest BCUT2D eigenvalue weighted by Gasteiger charge is -2.26. The molecule has 1 N–H and O–H groups in total. The topological polar surface area (TPSA) is 102 Å². The van der Waals surface area contributed by atoms with E-state index in [2.05, 4.69) is 39.4 Å². The van der Waals surface area contributed by atoms with E-state index in [1.165, 1.54) is 24.1 Å². The molecule has 0 saturated carbocycles. The average Bonchev–Trinajstić information content (AvgIpc) is 2.95. The van der Waals surface area contributed by atoms with Gasteiger partial charge in [0.2, 0.25) is 0 Å². The van der Waals surface area contributed by atoms with Gasteiger partial charge in [-0.15, -0.1) is 6.58 Å². The number of Topliss-reactive ketones (excluding diaryl/α,β-unsaturated/α-hetero) is 1. The van der Waals surface area contributed by atoms with Crippen LogP contribution in [0.3, 0.4) is 0 Å². The number of ether oxygens (including phenoxy) is 3. The van der Waals surface area contributed by atoms with Crippen molar-refractivity contribution in [1.29, 1.82) is 0 Å². The molecule has 2 rings (SSSR count). The Kier molecular flexibility index (Phi) is 12.1. The van der Waals surface area contributed by atoms with Crippen LogP contribution in [-0.4, -0.2) is 61.7 Å². The third kappa shape index (κ3) is 9.60. The zero-order valence-corrected chi connectivity index (χ0v) is 25.9. The van der Waals surface area contributed by atoms with Gasteiger partial charge >= 0.3 is 6.09 Å². The summed E-state index contributed by atoms with van der Waals surface area (Å²) in [5.74, 6) is 0.861. The number of halogens is 1. The van der Waals surface area contributed by atoms with Gasteiger partial charge in [-0.25, -0.2) is 9.79 Å². The molecular formula is C30H39BrN4O5. The lowest BCUT2D eigenvalue weighted by molar-refractivity contribution is -0.113. The second kappa shape index (κ2) is 14.8. The summed E-state index contributed by atoms with van der Waals surface area (Å²) in [5, 5.41) is 3.30. The van der Waals surface area contributed by atoms with Gasteiger partial charge in [0.15, 0.2) is 11.5 Å². The fourth-order valence-corrected chi connectivity index (χ4v) is 4.14. The van der Waals surface area contributed by atoms with Gasteiger partial charge in [-0.3, -0.25) is 14.7 Å². The number of nitrogens with one attached hydrogen (secondary N) is 1. The van der Waals surface area contributed by atoms with Crippen molar-refractivity contribution in [3.63, 3.8) is 0 Å². The number of ketones is 1. The molecule has 1 aromatic rings. The van der Waals surface area contributed by atoms with E-state index in [1.807, 2.05) is 25.1 Å². The average molecular weight is 616 g/mol. The molecule has 0 bridgehead atoms. The Morgan fingerprint density at radius 3 is 2.55 bits per heavy atom. The Labute approximate surface area is 245 Å². The fraction of sp³-hybridized carbons (Fsp3) is 0.400. The molecule has 216 valence electrons. The van der Waals surface area contributed by atoms with E-state index in [9.17, 15) is 9.59 Å². The lowest BCUT2D eigenvalue weighted by atomic mass is 10.1. The highest BCUT2D eigenvalue weighted by atomic mass is 79.9. The Morgan fingerprint density at radius 2 is 1.98 bits per heavy atom. The molecule has 0 radical (unpaired) electrons. The monoisotopic (exact) mass is 614 g/mol. The first-order chi connectivity index (χ1) is 18.8. The van der Waals surface area contributed by atoms with E-state index in [1.54, 1.807) is 41.0 Å². The third-order valence-electron chi connectivity index (χ3n) is 5.59. The molecule has 1 aromatic carbocycles. The Hall–Kier alpha value is -3.50. The highest BCUT2D eigenvalue weighted by molar-refractivity contribution is 9.10. The second-order valence-electron chi connectivity index (χ2n) is 10.2. The normalized spacial score (nSPS) is 19.8. The molecular weight excluding hydrogens is 576 g/mol. The molecule has 10 heteroatoms. The Balaban J connectivity index is 2.60. The minimum Gasteiger partial charge on any atom is -0.493 e. The summed E-state index contributed by atoms with van der Waals surface area (Å²) in [6.45, 7) is 17.5. The minimum atomic E-state index is -0.687. The van der Waals surface area contributed by atoms with Gasteiger partial charge in [0.1, 0.15) is 11.4 Å². The number of rotatable bonds is 10. The van der Waals surface area contributed by atoms with E-state index in [0.29, 0.717) is 46.4 Å². The lowest BCUT2D eigenvalue weighted by Crippen LogP contribution is -2.35. The fourth-order valence-electron chi connectivity index (χ4n) is 3.47. The van der Waals surface area contributed by atoms with Crippen molar-refractivity contribution < 1.29 is 23.8 Å². The van der Waals surface area contributed by atoms with Gasteiger partial charge in [-0.1, -0.05) is 19.6 Å². The first kappa shape index (κ1) is 32.7. The van der Waals surface area contributed by atoms with E-state index >= 15 is 0 Å². The molecule has 1 heterocycles. The van der Waals surface area contributed by atoms with Gasteiger partial charge in [0.25, 0.3) is 0 Å². The number of methoxy groups -OCH3 is 1. The number of amidine groups is 1. The van der Waals surface area contributed by atoms with Crippen LogP contribution in [0.4, 0.5) is 10.5 Å². The molecule has 0 unspecified atom stereocenters. The van der Waals surface area contributed by atoms with Crippen LogP contribution in [0.15, 0.2) is 74.9 Å². The summed E-state index contributed by atoms with van der Waals surface area (Å²) in [7, 11) is 3.16. The molecule has 0 aliphatic carbocycles. The van der Waals surface area contributed by atoms with Crippen molar-refractivity contribution in [3.05, 3.63) is 70.5 Å². The number of benzene rings is 1. The smallest absolute Gasteiger partial charge is 0.414 e. The van der Waals surface area contributed by atoms with Crippen molar-refractivity contribution in [1.82, 2.24) is 4.90 Å². The van der Waals surface area contributed by atoms with Crippen LogP contribution in [0.25, 0.3) is 0 Å². The number of anilines is 1. The summed E-state index contributed by atoms with van der Waals surface area (Å²) in [4.78, 5) is 35.8. The molecule has 1 amide bonds. The molecule has 9 nitrogen and oxygen atoms in total. The van der Waals surface area contributed by atoms with Crippen LogP contribution in [0.1, 0.15) is 40.2 Å². The predicted molar refractivity (Wildman–Crippen MR) is 164 cm³/mol. The molecule has 1 atom stereocenters. The summed E-state index contributed by atoms with van der Waals surface area (Å²) in [6.07, 6.45) is 5.90. The van der Waals surface area contributed by atoms with Crippen molar-refractivity contribution in [2.75, 3.05) is 32.6 Å². The summed E-state index contributed by atoms with van der Waals surface area (Å²) < 4.78 is 17.8. The van der Waals surface area contributed by atoms with Gasteiger partial charge in [0.05, 0.1) is 48.3 Å². The maximum atomic E-state index is 12.9. The zero-order chi connectivity index (χ0) is 30.0. The second-order valence-corrected chi connectivity index (χ2v) is 11.1. The van der Waals surface area contributed by atoms with Crippen LogP contribution in [-0.2, 0) is 20.9 Å². The van der Waals surface area contributed by atoms with E-state index in [0.717, 1.165) is 5.56 Å². The van der Waals surface area contributed by atoms with Crippen molar-refractivity contribution in [2.45, 2.75) is 46.8 Å². The van der Waals surface area contributed by atoms with Gasteiger partial charge < -0.3 is 19.5 Å². The Bertz CT molecular complexity index is 1260. The molecule has 0 aromatic heterocycles. The largest absolute Gasteiger partial charge is 0.493 e. The van der Waals surface area contributed by atoms with Crippen LogP contribution in [0.2, 0.25) is 0 Å². The number of hydrogen-bond acceptors (Lipinski definition) is 8. The molecule has 40 heavy (non-hydrogen) atoms. The number of amides is 1. The molecule has 0 saturated heterocycles. The van der Waals surface area contributed by atoms with Gasteiger partial charge in [-0.05, 0) is 73.3 Å². The quantitative estimate of drug-likeness (QED) is 0.303. The third-order valence-corrected chi connectivity index (χ3v) is 6.18. The number of carbonyl (C=O) groups is 2. The van der Waals surface area contributed by atoms with Crippen LogP contribution < -0.4 is 10.1 Å². The van der Waals surface area contributed by atoms with Crippen LogP contribution in [0, 0.1) is 5.92 Å². The van der Waals surface area contributed by atoms with E-state index < -0.39 is 11.7 Å². The van der Waals surface area contributed by atoms with Crippen molar-refractivity contribution >= 4 is 45.5 Å². The number of nitrogens with zero attached hydrogens (tertiary/aromatic N) is 3. The molecule has 0 fully saturated rings. The highest BCUT2D eigenvalue weighted by Gasteiger charge is 2.23. The molecule has 0 spiro atoms. The summed E-state index contributed by atoms with van der Waals surface area (Å²) in [5.41, 5.74) is 1.89. The van der Waals surface area contributed by atoms with E-state index in [-0.39, 0.29) is 23.8 Å². The van der Waals surface area contributed by atoms with E-state index in [4.69, 9.17) is 19.2 Å². The number of likely N-dealkylation sites (N-methyl/N-ethyl adjacent to an activating group) is 1. The predicted octanol–water partition coefficient (Wildman–Crippen LogP) is 6.47. The number of allylic oxidation sites excluding steroid dienone is 2. The van der Waals surface area contributed by atoms with Gasteiger partial charge in [-0.2, -0.15) is 0 Å². The number of carbonyl (C=O) groups excluding carboxylic acids is 2. The Morgan fingerprint density at radius 1 is 1.27 bits per heavy atom. The first-order valence-electron chi connectivity index (χ1n) is 12.8. The number of aliphatic imine (C=N–C) groups is 2. The van der Waals surface area contributed by atoms with Gasteiger partial charge in [0, 0.05) is 25.0 Å².